The van der Waals surface area contributed by atoms with Crippen molar-refractivity contribution in [1.82, 2.24) is 14.5 Å². The predicted octanol–water partition coefficient (Wildman–Crippen LogP) is 2.98. The molecule has 0 unspecified atom stereocenters. The normalized spacial score (nSPS) is 14.7. The van der Waals surface area contributed by atoms with Crippen molar-refractivity contribution in [3.8, 4) is 5.75 Å². The number of rotatable bonds is 14. The van der Waals surface area contributed by atoms with Crippen LogP contribution < -0.4 is 10.1 Å². The van der Waals surface area contributed by atoms with Gasteiger partial charge >= 0.3 is 0 Å². The number of nitrogens with zero attached hydrogens (tertiary/aromatic N) is 2. The van der Waals surface area contributed by atoms with E-state index in [2.05, 4.69) is 5.32 Å². The summed E-state index contributed by atoms with van der Waals surface area (Å²) in [7, 11) is -0.272. The number of sulfonamides is 1. The quantitative estimate of drug-likeness (QED) is 0.366. The Morgan fingerprint density at radius 1 is 1.00 bits per heavy atom. The molecule has 2 aromatic rings. The van der Waals surface area contributed by atoms with Gasteiger partial charge in [-0.3, -0.25) is 9.59 Å². The molecular weight excluding hydrogens is 506 g/mol. The maximum atomic E-state index is 13.4. The molecule has 1 aliphatic rings. The van der Waals surface area contributed by atoms with Crippen LogP contribution in [0.4, 0.5) is 0 Å². The molecule has 208 valence electrons. The van der Waals surface area contributed by atoms with E-state index in [-0.39, 0.29) is 29.7 Å². The van der Waals surface area contributed by atoms with E-state index >= 15 is 0 Å². The van der Waals surface area contributed by atoms with Crippen LogP contribution in [0.25, 0.3) is 0 Å². The summed E-state index contributed by atoms with van der Waals surface area (Å²) in [6.45, 7) is 4.13. The van der Waals surface area contributed by atoms with Crippen LogP contribution in [-0.4, -0.2) is 75.9 Å². The number of nitrogens with one attached hydrogen (secondary N) is 1. The van der Waals surface area contributed by atoms with Gasteiger partial charge in [-0.25, -0.2) is 8.42 Å². The van der Waals surface area contributed by atoms with Gasteiger partial charge in [-0.15, -0.1) is 0 Å². The molecule has 10 heteroatoms. The zero-order chi connectivity index (χ0) is 27.5. The van der Waals surface area contributed by atoms with Crippen LogP contribution in [0.15, 0.2) is 53.4 Å². The number of methoxy groups -OCH3 is 2. The van der Waals surface area contributed by atoms with Gasteiger partial charge in [0.2, 0.25) is 21.8 Å². The minimum atomic E-state index is -3.48. The summed E-state index contributed by atoms with van der Waals surface area (Å²) in [5.74, 6) is 0.333. The number of ether oxygens (including phenoxy) is 2. The fraction of sp³-hybridized carbons (Fsp3) is 0.500. The van der Waals surface area contributed by atoms with Gasteiger partial charge < -0.3 is 19.7 Å². The lowest BCUT2D eigenvalue weighted by atomic mass is 10.1. The zero-order valence-electron chi connectivity index (χ0n) is 22.5. The highest BCUT2D eigenvalue weighted by Gasteiger charge is 2.28. The molecule has 0 aromatic heterocycles. The summed E-state index contributed by atoms with van der Waals surface area (Å²) in [6.07, 6.45) is 3.08. The summed E-state index contributed by atoms with van der Waals surface area (Å²) < 4.78 is 37.3. The highest BCUT2D eigenvalue weighted by atomic mass is 32.2. The standard InChI is InChI=1S/C28H39N3O6S/c1-22(28(33)29-17-6-20-36-2)31(21-24-7-12-25(37-3)13-8-24)27(32)16-11-23-9-14-26(15-10-23)38(34,35)30-18-4-5-19-30/h7-10,12-15,22H,4-6,11,16-21H2,1-3H3,(H,29,33)/t22-/m0/s1. The van der Waals surface area contributed by atoms with E-state index in [4.69, 9.17) is 9.47 Å². The molecule has 1 atom stereocenters. The second-order valence-corrected chi connectivity index (χ2v) is 11.4. The highest BCUT2D eigenvalue weighted by molar-refractivity contribution is 7.89. The van der Waals surface area contributed by atoms with Gasteiger partial charge in [0, 0.05) is 46.3 Å². The summed E-state index contributed by atoms with van der Waals surface area (Å²) >= 11 is 0. The molecule has 0 bridgehead atoms. The summed E-state index contributed by atoms with van der Waals surface area (Å²) in [5.41, 5.74) is 1.74. The van der Waals surface area contributed by atoms with E-state index in [0.717, 1.165) is 24.0 Å². The fourth-order valence-electron chi connectivity index (χ4n) is 4.39. The SMILES string of the molecule is COCCCNC(=O)[C@H](C)N(Cc1ccc(OC)cc1)C(=O)CCc1ccc(S(=O)(=O)N2CCCC2)cc1. The highest BCUT2D eigenvalue weighted by Crippen LogP contribution is 2.22. The third kappa shape index (κ3) is 8.02. The monoisotopic (exact) mass is 545 g/mol. The van der Waals surface area contributed by atoms with Gasteiger partial charge in [0.05, 0.1) is 12.0 Å². The van der Waals surface area contributed by atoms with Gasteiger partial charge in [-0.1, -0.05) is 24.3 Å². The third-order valence-corrected chi connectivity index (χ3v) is 8.67. The average molecular weight is 546 g/mol. The lowest BCUT2D eigenvalue weighted by Gasteiger charge is -2.29. The Kier molecular flexibility index (Phi) is 11.1. The van der Waals surface area contributed by atoms with Crippen LogP contribution >= 0.6 is 0 Å². The van der Waals surface area contributed by atoms with Crippen LogP contribution in [0.5, 0.6) is 5.75 Å². The molecule has 9 nitrogen and oxygen atoms in total. The Bertz CT molecular complexity index is 1150. The first kappa shape index (κ1) is 29.6. The average Bonchev–Trinajstić information content (AvgIpc) is 3.49. The Morgan fingerprint density at radius 2 is 1.63 bits per heavy atom. The lowest BCUT2D eigenvalue weighted by molar-refractivity contribution is -0.140. The molecule has 2 aromatic carbocycles. The number of benzene rings is 2. The minimum Gasteiger partial charge on any atom is -0.497 e. The number of amides is 2. The molecule has 1 saturated heterocycles. The maximum absolute atomic E-state index is 13.4. The molecule has 1 fully saturated rings. The molecule has 3 rings (SSSR count). The second-order valence-electron chi connectivity index (χ2n) is 9.44. The van der Waals surface area contributed by atoms with Gasteiger partial charge in [0.25, 0.3) is 0 Å². The summed E-state index contributed by atoms with van der Waals surface area (Å²) in [6, 6.07) is 13.5. The Morgan fingerprint density at radius 3 is 2.24 bits per heavy atom. The van der Waals surface area contributed by atoms with E-state index in [0.29, 0.717) is 44.8 Å². The van der Waals surface area contributed by atoms with Gasteiger partial charge in [0.15, 0.2) is 0 Å². The molecular formula is C28H39N3O6S. The number of aryl methyl sites for hydroxylation is 1. The van der Waals surface area contributed by atoms with Crippen molar-refractivity contribution in [3.63, 3.8) is 0 Å². The molecule has 0 spiro atoms. The topological polar surface area (TPSA) is 105 Å². The number of carbonyl (C=O) groups excluding carboxylic acids is 2. The molecule has 0 aliphatic carbocycles. The van der Waals surface area contributed by atoms with Crippen molar-refractivity contribution in [2.45, 2.75) is 56.5 Å². The van der Waals surface area contributed by atoms with Crippen molar-refractivity contribution in [2.24, 2.45) is 0 Å². The van der Waals surface area contributed by atoms with E-state index in [1.165, 1.54) is 4.31 Å². The summed E-state index contributed by atoms with van der Waals surface area (Å²) in [4.78, 5) is 28.1. The van der Waals surface area contributed by atoms with Crippen LogP contribution in [0.1, 0.15) is 43.7 Å². The van der Waals surface area contributed by atoms with Crippen LogP contribution in [0, 0.1) is 0 Å². The minimum absolute atomic E-state index is 0.158. The first-order valence-electron chi connectivity index (χ1n) is 13.0. The van der Waals surface area contributed by atoms with E-state index < -0.39 is 16.1 Å². The second kappa shape index (κ2) is 14.3. The molecule has 1 aliphatic heterocycles. The van der Waals surface area contributed by atoms with Crippen molar-refractivity contribution < 1.29 is 27.5 Å². The van der Waals surface area contributed by atoms with Crippen LogP contribution in [0.2, 0.25) is 0 Å². The molecule has 1 N–H and O–H groups in total. The van der Waals surface area contributed by atoms with Crippen LogP contribution in [0.3, 0.4) is 0 Å². The zero-order valence-corrected chi connectivity index (χ0v) is 23.3. The Labute approximate surface area is 226 Å². The smallest absolute Gasteiger partial charge is 0.243 e. The third-order valence-electron chi connectivity index (χ3n) is 6.76. The van der Waals surface area contributed by atoms with E-state index in [9.17, 15) is 18.0 Å². The van der Waals surface area contributed by atoms with E-state index in [1.807, 2.05) is 24.3 Å². The van der Waals surface area contributed by atoms with Gasteiger partial charge in [-0.05, 0) is 68.0 Å². The van der Waals surface area contributed by atoms with Crippen LogP contribution in [-0.2, 0) is 37.3 Å². The van der Waals surface area contributed by atoms with Crippen molar-refractivity contribution in [1.29, 1.82) is 0 Å². The number of carbonyl (C=O) groups is 2. The predicted molar refractivity (Wildman–Crippen MR) is 145 cm³/mol. The van der Waals surface area contributed by atoms with Gasteiger partial charge in [0.1, 0.15) is 11.8 Å². The molecule has 0 saturated carbocycles. The van der Waals surface area contributed by atoms with Crippen molar-refractivity contribution >= 4 is 21.8 Å². The molecule has 1 heterocycles. The first-order valence-corrected chi connectivity index (χ1v) is 14.5. The maximum Gasteiger partial charge on any atom is 0.243 e. The molecule has 0 radical (unpaired) electrons. The Hall–Kier alpha value is -2.95. The molecule has 38 heavy (non-hydrogen) atoms. The molecule has 2 amide bonds. The van der Waals surface area contributed by atoms with E-state index in [1.54, 1.807) is 50.3 Å². The lowest BCUT2D eigenvalue weighted by Crippen LogP contribution is -2.48. The van der Waals surface area contributed by atoms with Crippen molar-refractivity contribution in [3.05, 3.63) is 59.7 Å². The number of hydrogen-bond acceptors (Lipinski definition) is 6. The summed E-state index contributed by atoms with van der Waals surface area (Å²) in [5, 5.41) is 2.88. The Balaban J connectivity index is 1.67. The largest absolute Gasteiger partial charge is 0.497 e. The van der Waals surface area contributed by atoms with Crippen molar-refractivity contribution in [2.75, 3.05) is 40.5 Å². The van der Waals surface area contributed by atoms with Gasteiger partial charge in [-0.2, -0.15) is 4.31 Å². The number of hydrogen-bond donors (Lipinski definition) is 1. The first-order chi connectivity index (χ1) is 18.3. The fourth-order valence-corrected chi connectivity index (χ4v) is 5.90.